The minimum atomic E-state index is -0.223. The molecule has 1 aliphatic rings. The Balaban J connectivity index is 2.25. The molecule has 1 heterocycles. The molecule has 1 aromatic rings. The maximum atomic E-state index is 12.7. The van der Waals surface area contributed by atoms with E-state index in [1.54, 1.807) is 11.9 Å². The minimum Gasteiger partial charge on any atom is -0.346 e. The molecule has 0 aliphatic carbocycles. The number of benzene rings is 1. The molecule has 2 amide bonds. The van der Waals surface area contributed by atoms with Gasteiger partial charge in [0.25, 0.3) is 0 Å². The van der Waals surface area contributed by atoms with Crippen LogP contribution in [0, 0.1) is 5.92 Å². The minimum absolute atomic E-state index is 0.0264. The molecule has 0 unspecified atom stereocenters. The first-order valence-corrected chi connectivity index (χ1v) is 8.48. The van der Waals surface area contributed by atoms with Crippen LogP contribution in [0.25, 0.3) is 0 Å². The highest BCUT2D eigenvalue weighted by molar-refractivity contribution is 5.97. The first-order valence-electron chi connectivity index (χ1n) is 8.48. The third-order valence-corrected chi connectivity index (χ3v) is 4.65. The average molecular weight is 316 g/mol. The van der Waals surface area contributed by atoms with E-state index in [0.29, 0.717) is 24.8 Å². The number of nitrogens with one attached hydrogen (secondary N) is 1. The van der Waals surface area contributed by atoms with Gasteiger partial charge in [0.2, 0.25) is 11.8 Å². The second-order valence-corrected chi connectivity index (χ2v) is 7.12. The first-order chi connectivity index (χ1) is 10.8. The Morgan fingerprint density at radius 3 is 2.22 bits per heavy atom. The lowest BCUT2D eigenvalue weighted by atomic mass is 9.91. The molecule has 1 saturated heterocycles. The highest BCUT2D eigenvalue weighted by Gasteiger charge is 2.29. The summed E-state index contributed by atoms with van der Waals surface area (Å²) in [6.45, 7) is 9.19. The number of amides is 2. The maximum Gasteiger partial charge on any atom is 0.228 e. The van der Waals surface area contributed by atoms with Crippen LogP contribution in [0.3, 0.4) is 0 Å². The lowest BCUT2D eigenvalue weighted by Crippen LogP contribution is -2.40. The molecule has 2 rings (SSSR count). The van der Waals surface area contributed by atoms with E-state index in [0.717, 1.165) is 23.2 Å². The number of piperidine rings is 1. The monoisotopic (exact) mass is 316 g/mol. The second-order valence-electron chi connectivity index (χ2n) is 7.12. The number of hydrogen-bond acceptors (Lipinski definition) is 2. The first kappa shape index (κ1) is 17.5. The van der Waals surface area contributed by atoms with Crippen molar-refractivity contribution in [2.75, 3.05) is 18.9 Å². The van der Waals surface area contributed by atoms with Gasteiger partial charge in [0.15, 0.2) is 0 Å². The van der Waals surface area contributed by atoms with Crippen molar-refractivity contribution in [2.45, 2.75) is 52.4 Å². The quantitative estimate of drug-likeness (QED) is 0.920. The van der Waals surface area contributed by atoms with E-state index < -0.39 is 0 Å². The number of nitrogens with zero attached hydrogens (tertiary/aromatic N) is 1. The fourth-order valence-corrected chi connectivity index (χ4v) is 3.09. The van der Waals surface area contributed by atoms with Gasteiger partial charge in [0.1, 0.15) is 0 Å². The highest BCUT2D eigenvalue weighted by atomic mass is 16.2. The van der Waals surface area contributed by atoms with E-state index in [1.165, 1.54) is 0 Å². The lowest BCUT2D eigenvalue weighted by Gasteiger charge is -2.29. The van der Waals surface area contributed by atoms with Gasteiger partial charge in [0, 0.05) is 31.6 Å². The van der Waals surface area contributed by atoms with Gasteiger partial charge in [0.05, 0.1) is 0 Å². The van der Waals surface area contributed by atoms with Gasteiger partial charge in [-0.05, 0) is 29.4 Å². The molecule has 1 fully saturated rings. The Bertz CT molecular complexity index is 567. The molecule has 0 spiro atoms. The molecule has 0 saturated carbocycles. The largest absolute Gasteiger partial charge is 0.346 e. The van der Waals surface area contributed by atoms with E-state index in [-0.39, 0.29) is 17.7 Å². The smallest absolute Gasteiger partial charge is 0.228 e. The highest BCUT2D eigenvalue weighted by Crippen LogP contribution is 2.33. The number of carbonyl (C=O) groups is 2. The molecule has 1 N–H and O–H groups in total. The molecule has 23 heavy (non-hydrogen) atoms. The Labute approximate surface area is 139 Å². The topological polar surface area (TPSA) is 49.4 Å². The van der Waals surface area contributed by atoms with Gasteiger partial charge in [-0.25, -0.2) is 0 Å². The van der Waals surface area contributed by atoms with Crippen molar-refractivity contribution in [1.82, 2.24) is 4.90 Å². The zero-order valence-electron chi connectivity index (χ0n) is 14.8. The zero-order chi connectivity index (χ0) is 17.1. The van der Waals surface area contributed by atoms with Crippen LogP contribution in [0.2, 0.25) is 0 Å². The van der Waals surface area contributed by atoms with E-state index in [9.17, 15) is 9.59 Å². The van der Waals surface area contributed by atoms with Crippen molar-refractivity contribution >= 4 is 17.5 Å². The van der Waals surface area contributed by atoms with Crippen molar-refractivity contribution in [2.24, 2.45) is 5.92 Å². The van der Waals surface area contributed by atoms with Crippen LogP contribution in [-0.4, -0.2) is 30.3 Å². The summed E-state index contributed by atoms with van der Waals surface area (Å²) in [4.78, 5) is 26.2. The molecule has 1 atom stereocenters. The van der Waals surface area contributed by atoms with Crippen LogP contribution >= 0.6 is 0 Å². The van der Waals surface area contributed by atoms with Crippen molar-refractivity contribution in [3.05, 3.63) is 29.3 Å². The fraction of sp³-hybridized carbons (Fsp3) is 0.579. The normalized spacial score (nSPS) is 18.7. The summed E-state index contributed by atoms with van der Waals surface area (Å²) in [5, 5.41) is 3.14. The third kappa shape index (κ3) is 3.92. The Hall–Kier alpha value is -1.84. The van der Waals surface area contributed by atoms with Gasteiger partial charge in [-0.1, -0.05) is 45.9 Å². The van der Waals surface area contributed by atoms with Crippen LogP contribution in [0.1, 0.15) is 63.5 Å². The van der Waals surface area contributed by atoms with Gasteiger partial charge in [-0.15, -0.1) is 0 Å². The summed E-state index contributed by atoms with van der Waals surface area (Å²) < 4.78 is 0. The van der Waals surface area contributed by atoms with Crippen LogP contribution in [0.5, 0.6) is 0 Å². The van der Waals surface area contributed by atoms with Crippen molar-refractivity contribution < 1.29 is 9.59 Å². The van der Waals surface area contributed by atoms with Gasteiger partial charge >= 0.3 is 0 Å². The summed E-state index contributed by atoms with van der Waals surface area (Å²) in [5.41, 5.74) is 3.25. The summed E-state index contributed by atoms with van der Waals surface area (Å²) in [6.07, 6.45) is 1.04. The van der Waals surface area contributed by atoms with E-state index in [4.69, 9.17) is 0 Å². The average Bonchev–Trinajstić information content (AvgIpc) is 2.49. The number of rotatable bonds is 4. The van der Waals surface area contributed by atoms with Crippen LogP contribution in [0.4, 0.5) is 5.69 Å². The van der Waals surface area contributed by atoms with Crippen LogP contribution in [-0.2, 0) is 9.59 Å². The number of para-hydroxylation sites is 1. The second kappa shape index (κ2) is 7.16. The number of anilines is 1. The molecule has 126 valence electrons. The van der Waals surface area contributed by atoms with Crippen molar-refractivity contribution in [3.8, 4) is 0 Å². The lowest BCUT2D eigenvalue weighted by molar-refractivity contribution is -0.137. The van der Waals surface area contributed by atoms with Crippen molar-refractivity contribution in [1.29, 1.82) is 0 Å². The molecule has 1 aliphatic heterocycles. The molecular weight excluding hydrogens is 288 g/mol. The van der Waals surface area contributed by atoms with E-state index in [1.807, 2.05) is 0 Å². The van der Waals surface area contributed by atoms with Gasteiger partial charge in [-0.3, -0.25) is 9.59 Å². The fourth-order valence-electron chi connectivity index (χ4n) is 3.09. The molecular formula is C19H28N2O2. The summed E-state index contributed by atoms with van der Waals surface area (Å²) in [7, 11) is 1.79. The molecule has 0 radical (unpaired) electrons. The predicted octanol–water partition coefficient (Wildman–Crippen LogP) is 3.74. The molecule has 4 heteroatoms. The zero-order valence-corrected chi connectivity index (χ0v) is 14.8. The third-order valence-electron chi connectivity index (χ3n) is 4.65. The number of likely N-dealkylation sites (tertiary alicyclic amines) is 1. The molecule has 4 nitrogen and oxygen atoms in total. The van der Waals surface area contributed by atoms with Gasteiger partial charge < -0.3 is 10.2 Å². The summed E-state index contributed by atoms with van der Waals surface area (Å²) >= 11 is 0. The molecule has 1 aromatic carbocycles. The maximum absolute atomic E-state index is 12.7. The Morgan fingerprint density at radius 2 is 1.74 bits per heavy atom. The van der Waals surface area contributed by atoms with Crippen LogP contribution < -0.4 is 5.32 Å². The van der Waals surface area contributed by atoms with Crippen LogP contribution in [0.15, 0.2) is 18.2 Å². The Kier molecular flexibility index (Phi) is 5.45. The number of carbonyl (C=O) groups excluding carboxylic acids is 2. The number of hydrogen-bond donors (Lipinski definition) is 1. The summed E-state index contributed by atoms with van der Waals surface area (Å²) in [6, 6.07) is 6.21. The van der Waals surface area contributed by atoms with E-state index >= 15 is 0 Å². The molecule has 0 bridgehead atoms. The Morgan fingerprint density at radius 1 is 1.17 bits per heavy atom. The van der Waals surface area contributed by atoms with Gasteiger partial charge in [-0.2, -0.15) is 0 Å². The molecule has 0 aromatic heterocycles. The van der Waals surface area contributed by atoms with Crippen molar-refractivity contribution in [3.63, 3.8) is 0 Å². The predicted molar refractivity (Wildman–Crippen MR) is 93.6 cm³/mol. The van der Waals surface area contributed by atoms with E-state index in [2.05, 4.69) is 51.2 Å². The SMILES string of the molecule is CC(C)c1cccc(C(C)C)c1NC(=O)[C@@H]1CCN(C)C(=O)C1. The standard InChI is InChI=1S/C19H28N2O2/c1-12(2)15-7-6-8-16(13(3)4)18(15)20-19(23)14-9-10-21(5)17(22)11-14/h6-8,12-14H,9-11H2,1-5H3,(H,20,23)/t14-/m1/s1. The summed E-state index contributed by atoms with van der Waals surface area (Å²) in [5.74, 6) is 0.476.